The standard InChI is InChI=1S/C14H15ClN4O2/c1-9(15)12-18-11-13(16-8-17-14(11)20-2)19(12)6-5-10-4-3-7-21-10/h3-4,7-9H,5-6H2,1-2H3. The van der Waals surface area contributed by atoms with Gasteiger partial charge in [-0.2, -0.15) is 4.98 Å². The van der Waals surface area contributed by atoms with Gasteiger partial charge in [0.15, 0.2) is 11.2 Å². The number of aromatic nitrogens is 4. The second-order valence-electron chi connectivity index (χ2n) is 4.62. The fourth-order valence-electron chi connectivity index (χ4n) is 2.28. The molecule has 3 aromatic heterocycles. The highest BCUT2D eigenvalue weighted by Gasteiger charge is 2.19. The lowest BCUT2D eigenvalue weighted by Crippen LogP contribution is -2.07. The van der Waals surface area contributed by atoms with E-state index in [1.165, 1.54) is 6.33 Å². The van der Waals surface area contributed by atoms with E-state index in [0.717, 1.165) is 23.7 Å². The van der Waals surface area contributed by atoms with Crippen LogP contribution < -0.4 is 4.74 Å². The van der Waals surface area contributed by atoms with Crippen molar-refractivity contribution < 1.29 is 9.15 Å². The highest BCUT2D eigenvalue weighted by Crippen LogP contribution is 2.27. The summed E-state index contributed by atoms with van der Waals surface area (Å²) in [7, 11) is 1.56. The SMILES string of the molecule is COc1ncnc2c1nc(C(C)Cl)n2CCc1ccco1. The molecule has 3 rings (SSSR count). The van der Waals surface area contributed by atoms with Crippen LogP contribution in [0, 0.1) is 0 Å². The number of nitrogens with zero attached hydrogens (tertiary/aromatic N) is 4. The van der Waals surface area contributed by atoms with E-state index in [9.17, 15) is 0 Å². The Bertz CT molecular complexity index is 737. The molecule has 0 radical (unpaired) electrons. The molecule has 21 heavy (non-hydrogen) atoms. The first kappa shape index (κ1) is 13.9. The monoisotopic (exact) mass is 306 g/mol. The molecule has 1 atom stereocenters. The molecule has 0 saturated carbocycles. The van der Waals surface area contributed by atoms with Crippen LogP contribution in [-0.2, 0) is 13.0 Å². The summed E-state index contributed by atoms with van der Waals surface area (Å²) < 4.78 is 12.6. The van der Waals surface area contributed by atoms with Crippen molar-refractivity contribution in [2.45, 2.75) is 25.3 Å². The van der Waals surface area contributed by atoms with E-state index in [-0.39, 0.29) is 5.38 Å². The quantitative estimate of drug-likeness (QED) is 0.678. The van der Waals surface area contributed by atoms with Gasteiger partial charge >= 0.3 is 0 Å². The molecular formula is C14H15ClN4O2. The molecule has 0 amide bonds. The highest BCUT2D eigenvalue weighted by molar-refractivity contribution is 6.20. The van der Waals surface area contributed by atoms with Gasteiger partial charge in [-0.15, -0.1) is 11.6 Å². The third-order valence-corrected chi connectivity index (χ3v) is 3.43. The van der Waals surface area contributed by atoms with Crippen LogP contribution in [0.2, 0.25) is 0 Å². The van der Waals surface area contributed by atoms with Crippen LogP contribution in [0.3, 0.4) is 0 Å². The maximum atomic E-state index is 6.24. The summed E-state index contributed by atoms with van der Waals surface area (Å²) in [5, 5.41) is -0.236. The summed E-state index contributed by atoms with van der Waals surface area (Å²) >= 11 is 6.24. The van der Waals surface area contributed by atoms with Crippen molar-refractivity contribution in [3.63, 3.8) is 0 Å². The predicted octanol–water partition coefficient (Wildman–Crippen LogP) is 2.97. The van der Waals surface area contributed by atoms with Gasteiger partial charge in [-0.1, -0.05) is 0 Å². The first-order valence-electron chi connectivity index (χ1n) is 6.62. The van der Waals surface area contributed by atoms with Crippen LogP contribution >= 0.6 is 11.6 Å². The Balaban J connectivity index is 2.03. The van der Waals surface area contributed by atoms with Crippen molar-refractivity contribution in [2.75, 3.05) is 7.11 Å². The molecule has 0 aromatic carbocycles. The zero-order chi connectivity index (χ0) is 14.8. The van der Waals surface area contributed by atoms with Crippen LogP contribution in [-0.4, -0.2) is 26.6 Å². The number of hydrogen-bond donors (Lipinski definition) is 0. The molecule has 110 valence electrons. The van der Waals surface area contributed by atoms with Gasteiger partial charge in [-0.05, 0) is 19.1 Å². The number of hydrogen-bond acceptors (Lipinski definition) is 5. The van der Waals surface area contributed by atoms with Gasteiger partial charge in [0.1, 0.15) is 17.9 Å². The minimum Gasteiger partial charge on any atom is -0.479 e. The van der Waals surface area contributed by atoms with Gasteiger partial charge in [0.05, 0.1) is 18.8 Å². The van der Waals surface area contributed by atoms with Gasteiger partial charge in [-0.25, -0.2) is 9.97 Å². The third-order valence-electron chi connectivity index (χ3n) is 3.24. The average molecular weight is 307 g/mol. The number of fused-ring (bicyclic) bond motifs is 1. The number of rotatable bonds is 5. The number of methoxy groups -OCH3 is 1. The molecule has 0 fully saturated rings. The molecule has 1 unspecified atom stereocenters. The fourth-order valence-corrected chi connectivity index (χ4v) is 2.45. The van der Waals surface area contributed by atoms with Crippen molar-refractivity contribution in [2.24, 2.45) is 0 Å². The molecule has 0 aliphatic heterocycles. The fraction of sp³-hybridized carbons (Fsp3) is 0.357. The van der Waals surface area contributed by atoms with E-state index >= 15 is 0 Å². The number of halogens is 1. The highest BCUT2D eigenvalue weighted by atomic mass is 35.5. The number of ether oxygens (including phenoxy) is 1. The molecule has 0 aliphatic carbocycles. The lowest BCUT2D eigenvalue weighted by atomic mass is 10.3. The lowest BCUT2D eigenvalue weighted by molar-refractivity contribution is 0.401. The Hall–Kier alpha value is -2.08. The van der Waals surface area contributed by atoms with Crippen molar-refractivity contribution in [1.29, 1.82) is 0 Å². The molecule has 3 aromatic rings. The molecule has 6 nitrogen and oxygen atoms in total. The third kappa shape index (κ3) is 2.58. The maximum absolute atomic E-state index is 6.24. The van der Waals surface area contributed by atoms with Gasteiger partial charge in [0.25, 0.3) is 0 Å². The van der Waals surface area contributed by atoms with Gasteiger partial charge in [0, 0.05) is 13.0 Å². The molecule has 0 spiro atoms. The topological polar surface area (TPSA) is 66.0 Å². The molecule has 0 N–H and O–H groups in total. The smallest absolute Gasteiger partial charge is 0.245 e. The number of imidazole rings is 1. The second-order valence-corrected chi connectivity index (χ2v) is 5.28. The zero-order valence-corrected chi connectivity index (χ0v) is 12.5. The number of alkyl halides is 1. The first-order valence-corrected chi connectivity index (χ1v) is 7.06. The largest absolute Gasteiger partial charge is 0.479 e. The molecular weight excluding hydrogens is 292 g/mol. The van der Waals surface area contributed by atoms with Crippen molar-refractivity contribution in [1.82, 2.24) is 19.5 Å². The lowest BCUT2D eigenvalue weighted by Gasteiger charge is -2.08. The molecule has 0 saturated heterocycles. The Morgan fingerprint density at radius 3 is 2.95 bits per heavy atom. The van der Waals surface area contributed by atoms with Crippen LogP contribution in [0.5, 0.6) is 5.88 Å². The summed E-state index contributed by atoms with van der Waals surface area (Å²) in [4.78, 5) is 12.9. The summed E-state index contributed by atoms with van der Waals surface area (Å²) in [6.45, 7) is 2.56. The van der Waals surface area contributed by atoms with Crippen molar-refractivity contribution in [3.8, 4) is 5.88 Å². The molecule has 0 bridgehead atoms. The van der Waals surface area contributed by atoms with E-state index in [0.29, 0.717) is 17.9 Å². The Kier molecular flexibility index (Phi) is 3.79. The minimum atomic E-state index is -0.236. The van der Waals surface area contributed by atoms with Crippen LogP contribution in [0.15, 0.2) is 29.1 Å². The Morgan fingerprint density at radius 2 is 2.29 bits per heavy atom. The normalized spacial score (nSPS) is 12.7. The van der Waals surface area contributed by atoms with Gasteiger partial charge in [-0.3, -0.25) is 0 Å². The molecule has 0 aliphatic rings. The van der Waals surface area contributed by atoms with E-state index < -0.39 is 0 Å². The summed E-state index contributed by atoms with van der Waals surface area (Å²) in [6, 6.07) is 3.82. The summed E-state index contributed by atoms with van der Waals surface area (Å²) in [6.07, 6.45) is 3.87. The molecule has 3 heterocycles. The van der Waals surface area contributed by atoms with E-state index in [2.05, 4.69) is 15.0 Å². The van der Waals surface area contributed by atoms with Crippen molar-refractivity contribution in [3.05, 3.63) is 36.3 Å². The minimum absolute atomic E-state index is 0.236. The van der Waals surface area contributed by atoms with Crippen LogP contribution in [0.1, 0.15) is 23.9 Å². The maximum Gasteiger partial charge on any atom is 0.245 e. The van der Waals surface area contributed by atoms with Gasteiger partial charge in [0.2, 0.25) is 5.88 Å². The Morgan fingerprint density at radius 1 is 1.43 bits per heavy atom. The Labute approximate surface area is 126 Å². The summed E-state index contributed by atoms with van der Waals surface area (Å²) in [5.74, 6) is 2.11. The number of aryl methyl sites for hydroxylation is 2. The zero-order valence-electron chi connectivity index (χ0n) is 11.8. The van der Waals surface area contributed by atoms with Gasteiger partial charge < -0.3 is 13.7 Å². The van der Waals surface area contributed by atoms with E-state index in [1.807, 2.05) is 23.6 Å². The van der Waals surface area contributed by atoms with E-state index in [4.69, 9.17) is 20.8 Å². The predicted molar refractivity (Wildman–Crippen MR) is 78.6 cm³/mol. The second kappa shape index (κ2) is 5.73. The van der Waals surface area contributed by atoms with Crippen molar-refractivity contribution >= 4 is 22.8 Å². The number of furan rings is 1. The average Bonchev–Trinajstić information content (AvgIpc) is 3.11. The first-order chi connectivity index (χ1) is 10.2. The molecule has 7 heteroatoms. The van der Waals surface area contributed by atoms with E-state index in [1.54, 1.807) is 13.4 Å². The summed E-state index contributed by atoms with van der Waals surface area (Å²) in [5.41, 5.74) is 1.35. The van der Waals surface area contributed by atoms with Crippen LogP contribution in [0.4, 0.5) is 0 Å². The van der Waals surface area contributed by atoms with Crippen LogP contribution in [0.25, 0.3) is 11.2 Å².